The number of benzene rings is 1. The Morgan fingerprint density at radius 2 is 2.00 bits per heavy atom. The number of ether oxygens (including phenoxy) is 1. The topological polar surface area (TPSA) is 32.7 Å². The van der Waals surface area contributed by atoms with Gasteiger partial charge in [-0.05, 0) is 44.5 Å². The number of nitrogens with zero attached hydrogens (tertiary/aromatic N) is 1. The van der Waals surface area contributed by atoms with E-state index in [-0.39, 0.29) is 11.3 Å². The maximum Gasteiger partial charge on any atom is 0.118 e. The van der Waals surface area contributed by atoms with Crippen LogP contribution in [0.3, 0.4) is 0 Å². The number of hydrogen-bond donors (Lipinski definition) is 1. The lowest BCUT2D eigenvalue weighted by atomic mass is 9.72. The van der Waals surface area contributed by atoms with Gasteiger partial charge in [0.1, 0.15) is 5.75 Å². The normalized spacial score (nSPS) is 45.0. The molecular weight excluding hydrogens is 250 g/mol. The molecule has 1 aromatic rings. The smallest absolute Gasteiger partial charge is 0.118 e. The molecule has 1 aliphatic rings. The van der Waals surface area contributed by atoms with Crippen molar-refractivity contribution in [3.8, 4) is 5.75 Å². The van der Waals surface area contributed by atoms with Gasteiger partial charge in [0.15, 0.2) is 0 Å². The molecule has 0 saturated heterocycles. The van der Waals surface area contributed by atoms with Crippen molar-refractivity contribution in [3.05, 3.63) is 29.8 Å². The van der Waals surface area contributed by atoms with E-state index in [1.165, 1.54) is 19.0 Å². The molecule has 1 N–H and O–H groups in total. The fraction of sp³-hybridized carbons (Fsp3) is 0.647. The average molecular weight is 291 g/mol. The summed E-state index contributed by atoms with van der Waals surface area (Å²) in [6, 6.07) is 4.30. The van der Waals surface area contributed by atoms with Crippen molar-refractivity contribution in [2.75, 3.05) is 27.7 Å². The molecule has 112 valence electrons. The van der Waals surface area contributed by atoms with Gasteiger partial charge in [0.25, 0.3) is 0 Å². The molecule has 3 heteroatoms. The predicted octanol–water partition coefficient (Wildman–Crippen LogP) is 3.04. The summed E-state index contributed by atoms with van der Waals surface area (Å²) in [5.41, 5.74) is -4.09. The lowest BCUT2D eigenvalue weighted by Gasteiger charge is -2.40. The standard InChI is InChI=1S/C17H27NO2/c1-18(2)13-16(17(19)11-5-4-6-12-17)14-7-9-15(20-3)10-8-14/h7-10,16,19H,4-6,11-13H2,1-3H3/i3D3,4D2,5D2,6D2,11D2,12D2,16D. The molecule has 0 aromatic heterocycles. The summed E-state index contributed by atoms with van der Waals surface area (Å²) >= 11 is 0. The maximum absolute atomic E-state index is 11.8. The van der Waals surface area contributed by atoms with E-state index in [1.54, 1.807) is 0 Å². The fourth-order valence-corrected chi connectivity index (χ4v) is 1.91. The number of likely N-dealkylation sites (N-methyl/N-ethyl adjacent to an activating group) is 1. The van der Waals surface area contributed by atoms with Crippen molar-refractivity contribution in [2.45, 2.75) is 43.4 Å². The Morgan fingerprint density at radius 1 is 1.35 bits per heavy atom. The highest BCUT2D eigenvalue weighted by molar-refractivity contribution is 5.31. The van der Waals surface area contributed by atoms with E-state index in [4.69, 9.17) is 23.9 Å². The fourth-order valence-electron chi connectivity index (χ4n) is 1.91. The number of methoxy groups -OCH3 is 1. The highest BCUT2D eigenvalue weighted by atomic mass is 16.5. The van der Waals surface area contributed by atoms with Crippen LogP contribution < -0.4 is 4.74 Å². The van der Waals surface area contributed by atoms with Crippen molar-refractivity contribution in [2.24, 2.45) is 0 Å². The minimum absolute atomic E-state index is 0.181. The molecule has 1 aromatic carbocycles. The van der Waals surface area contributed by atoms with Gasteiger partial charge in [-0.3, -0.25) is 0 Å². The van der Waals surface area contributed by atoms with Crippen LogP contribution in [0.15, 0.2) is 24.3 Å². The molecule has 0 heterocycles. The first-order valence-corrected chi connectivity index (χ1v) is 6.02. The van der Waals surface area contributed by atoms with Crippen LogP contribution in [0.2, 0.25) is 0 Å². The van der Waals surface area contributed by atoms with Gasteiger partial charge < -0.3 is 14.7 Å². The zero-order chi connectivity index (χ0) is 27.0. The zero-order valence-electron chi connectivity index (χ0n) is 25.3. The van der Waals surface area contributed by atoms with Gasteiger partial charge >= 0.3 is 0 Å². The molecule has 0 spiro atoms. The van der Waals surface area contributed by atoms with E-state index in [9.17, 15) is 5.11 Å². The van der Waals surface area contributed by atoms with Gasteiger partial charge in [0.05, 0.1) is 16.8 Å². The molecule has 1 unspecified atom stereocenters. The lowest BCUT2D eigenvalue weighted by Crippen LogP contribution is -2.42. The van der Waals surface area contributed by atoms with Gasteiger partial charge in [-0.1, -0.05) is 31.3 Å². The van der Waals surface area contributed by atoms with Crippen LogP contribution in [-0.2, 0) is 0 Å². The van der Waals surface area contributed by atoms with Gasteiger partial charge in [-0.2, -0.15) is 0 Å². The van der Waals surface area contributed by atoms with E-state index in [2.05, 4.69) is 0 Å². The van der Waals surface area contributed by atoms with Crippen molar-refractivity contribution >= 4 is 0 Å². The molecule has 1 saturated carbocycles. The molecule has 20 heavy (non-hydrogen) atoms. The van der Waals surface area contributed by atoms with Gasteiger partial charge in [-0.15, -0.1) is 0 Å². The summed E-state index contributed by atoms with van der Waals surface area (Å²) in [6.07, 6.45) is -19.0. The van der Waals surface area contributed by atoms with Crippen LogP contribution >= 0.6 is 0 Å². The number of aliphatic hydroxyl groups is 1. The maximum atomic E-state index is 11.8. The molecule has 0 radical (unpaired) electrons. The van der Waals surface area contributed by atoms with Gasteiger partial charge in [0.2, 0.25) is 0 Å². The third-order valence-electron chi connectivity index (χ3n) is 2.84. The van der Waals surface area contributed by atoms with Crippen LogP contribution in [0.5, 0.6) is 5.75 Å². The summed E-state index contributed by atoms with van der Waals surface area (Å²) in [7, 11) is 0.0159. The van der Waals surface area contributed by atoms with Crippen molar-refractivity contribution < 1.29 is 29.0 Å². The minimum Gasteiger partial charge on any atom is -0.497 e. The predicted molar refractivity (Wildman–Crippen MR) is 82.3 cm³/mol. The SMILES string of the molecule is [2H]C([2H])([2H])Oc1ccc(C([2H])(CN(C)C)C2(O)C([2H])([2H])C([2H])([2H])C([2H])([2H])C([2H])([2H])C2([2H])[2H])cc1. The molecular formula is C17H27NO2. The third kappa shape index (κ3) is 3.53. The molecule has 0 aliphatic heterocycles. The summed E-state index contributed by atoms with van der Waals surface area (Å²) in [4.78, 5) is 1.28. The van der Waals surface area contributed by atoms with Gasteiger partial charge in [0, 0.05) is 27.5 Å². The molecule has 1 atom stereocenters. The highest BCUT2D eigenvalue weighted by Crippen LogP contribution is 2.40. The van der Waals surface area contributed by atoms with Crippen LogP contribution in [0.4, 0.5) is 0 Å². The Kier molecular flexibility index (Phi) is 1.74. The lowest BCUT2D eigenvalue weighted by molar-refractivity contribution is -0.0277. The zero-order valence-corrected chi connectivity index (χ0v) is 11.3. The largest absolute Gasteiger partial charge is 0.497 e. The summed E-state index contributed by atoms with van der Waals surface area (Å²) < 4.78 is 118. The third-order valence-corrected chi connectivity index (χ3v) is 2.84. The Bertz CT molecular complexity index is 882. The van der Waals surface area contributed by atoms with Crippen molar-refractivity contribution in [1.82, 2.24) is 4.90 Å². The average Bonchev–Trinajstić information content (AvgIpc) is 2.64. The Hall–Kier alpha value is -1.06. The molecule has 2 rings (SSSR count). The van der Waals surface area contributed by atoms with Crippen molar-refractivity contribution in [3.63, 3.8) is 0 Å². The van der Waals surface area contributed by atoms with E-state index in [0.29, 0.717) is 0 Å². The molecule has 1 aliphatic carbocycles. The van der Waals surface area contributed by atoms with E-state index in [0.717, 1.165) is 24.3 Å². The molecule has 1 fully saturated rings. The summed E-state index contributed by atoms with van der Waals surface area (Å²) in [6.45, 7) is -0.642. The van der Waals surface area contributed by atoms with Crippen LogP contribution in [0.1, 0.15) is 62.5 Å². The van der Waals surface area contributed by atoms with Crippen LogP contribution in [0.25, 0.3) is 0 Å². The van der Waals surface area contributed by atoms with E-state index >= 15 is 0 Å². The van der Waals surface area contributed by atoms with E-state index in [1.807, 2.05) is 0 Å². The minimum atomic E-state index is -3.83. The first-order valence-electron chi connectivity index (χ1n) is 13.0. The van der Waals surface area contributed by atoms with Crippen LogP contribution in [-0.4, -0.2) is 43.3 Å². The quantitative estimate of drug-likeness (QED) is 0.905. The second kappa shape index (κ2) is 6.59. The molecule has 3 nitrogen and oxygen atoms in total. The van der Waals surface area contributed by atoms with Crippen LogP contribution in [0, 0.1) is 0 Å². The Labute approximate surface area is 142 Å². The first-order chi connectivity index (χ1) is 14.8. The first kappa shape index (κ1) is 5.29. The highest BCUT2D eigenvalue weighted by Gasteiger charge is 2.38. The molecule has 0 bridgehead atoms. The Balaban J connectivity index is 2.90. The summed E-state index contributed by atoms with van der Waals surface area (Å²) in [5, 5.41) is 11.8. The number of rotatable bonds is 5. The summed E-state index contributed by atoms with van der Waals surface area (Å²) in [5.74, 6) is -3.00. The monoisotopic (exact) mass is 291 g/mol. The van der Waals surface area contributed by atoms with Gasteiger partial charge in [-0.25, -0.2) is 0 Å². The van der Waals surface area contributed by atoms with Crippen molar-refractivity contribution in [1.29, 1.82) is 0 Å². The second-order valence-corrected chi connectivity index (χ2v) is 4.68. The Morgan fingerprint density at radius 3 is 2.55 bits per heavy atom. The number of hydrogen-bond acceptors (Lipinski definition) is 3. The van der Waals surface area contributed by atoms with E-state index < -0.39 is 56.9 Å². The molecule has 0 amide bonds. The second-order valence-electron chi connectivity index (χ2n) is 4.68.